The van der Waals surface area contributed by atoms with Crippen molar-refractivity contribution in [1.29, 1.82) is 0 Å². The van der Waals surface area contributed by atoms with Crippen molar-refractivity contribution >= 4 is 33.3 Å². The first kappa shape index (κ1) is 14.4. The second-order valence-corrected chi connectivity index (χ2v) is 5.23. The van der Waals surface area contributed by atoms with Crippen LogP contribution in [0, 0.1) is 0 Å². The first-order valence-electron chi connectivity index (χ1n) is 6.18. The summed E-state index contributed by atoms with van der Waals surface area (Å²) in [5.41, 5.74) is 8.43. The van der Waals surface area contributed by atoms with Crippen molar-refractivity contribution in [1.82, 2.24) is 0 Å². The second-order valence-electron chi connectivity index (χ2n) is 4.38. The molecular weight excluding hydrogens is 320 g/mol. The fraction of sp³-hybridized carbons (Fsp3) is 0.133. The monoisotopic (exact) mass is 334 g/mol. The summed E-state index contributed by atoms with van der Waals surface area (Å²) in [5, 5.41) is 12.1. The Balaban J connectivity index is 1.98. The van der Waals surface area contributed by atoms with Gasteiger partial charge in [0.2, 0.25) is 0 Å². The van der Waals surface area contributed by atoms with Crippen LogP contribution in [0.2, 0.25) is 0 Å². The molecule has 2 aromatic carbocycles. The van der Waals surface area contributed by atoms with E-state index in [9.17, 15) is 4.79 Å². The molecule has 0 unspecified atom stereocenters. The predicted molar refractivity (Wildman–Crippen MR) is 84.1 cm³/mol. The van der Waals surface area contributed by atoms with Crippen LogP contribution in [-0.4, -0.2) is 17.6 Å². The Morgan fingerprint density at radius 2 is 2.00 bits per heavy atom. The van der Waals surface area contributed by atoms with Crippen LogP contribution in [-0.2, 0) is 6.42 Å². The smallest absolute Gasteiger partial charge is 0.335 e. The van der Waals surface area contributed by atoms with Gasteiger partial charge in [-0.3, -0.25) is 0 Å². The molecule has 0 atom stereocenters. The Bertz CT molecular complexity index is 629. The maximum atomic E-state index is 10.8. The molecule has 0 aliphatic carbocycles. The first-order valence-corrected chi connectivity index (χ1v) is 6.97. The zero-order chi connectivity index (χ0) is 14.5. The topological polar surface area (TPSA) is 75.4 Å². The number of nitrogens with one attached hydrogen (secondary N) is 1. The quantitative estimate of drug-likeness (QED) is 0.732. The van der Waals surface area contributed by atoms with Crippen molar-refractivity contribution in [2.45, 2.75) is 6.42 Å². The maximum Gasteiger partial charge on any atom is 0.335 e. The Kier molecular flexibility index (Phi) is 4.63. The van der Waals surface area contributed by atoms with Gasteiger partial charge in [0.05, 0.1) is 16.9 Å². The van der Waals surface area contributed by atoms with Crippen molar-refractivity contribution in [3.8, 4) is 0 Å². The Hall–Kier alpha value is -2.01. The fourth-order valence-electron chi connectivity index (χ4n) is 1.89. The highest BCUT2D eigenvalue weighted by molar-refractivity contribution is 9.10. The lowest BCUT2D eigenvalue weighted by Gasteiger charge is -2.10. The van der Waals surface area contributed by atoms with Crippen molar-refractivity contribution < 1.29 is 9.90 Å². The highest BCUT2D eigenvalue weighted by Gasteiger charge is 2.06. The molecule has 0 aromatic heterocycles. The number of aromatic carboxylic acids is 1. The molecule has 2 rings (SSSR count). The number of halogens is 1. The molecule has 0 radical (unpaired) electrons. The first-order chi connectivity index (χ1) is 9.58. The lowest BCUT2D eigenvalue weighted by molar-refractivity contribution is 0.0697. The fourth-order valence-corrected chi connectivity index (χ4v) is 2.37. The summed E-state index contributed by atoms with van der Waals surface area (Å²) < 4.78 is 1.08. The summed E-state index contributed by atoms with van der Waals surface area (Å²) >= 11 is 3.50. The molecule has 0 fully saturated rings. The van der Waals surface area contributed by atoms with E-state index in [0.29, 0.717) is 5.69 Å². The maximum absolute atomic E-state index is 10.8. The van der Waals surface area contributed by atoms with Gasteiger partial charge in [-0.25, -0.2) is 4.79 Å². The molecule has 104 valence electrons. The Morgan fingerprint density at radius 1 is 1.25 bits per heavy atom. The van der Waals surface area contributed by atoms with Crippen LogP contribution in [0.15, 0.2) is 46.9 Å². The minimum absolute atomic E-state index is 0.193. The van der Waals surface area contributed by atoms with Gasteiger partial charge in [0.15, 0.2) is 0 Å². The van der Waals surface area contributed by atoms with E-state index in [1.54, 1.807) is 12.1 Å². The van der Waals surface area contributed by atoms with Gasteiger partial charge in [-0.2, -0.15) is 0 Å². The molecule has 0 amide bonds. The van der Waals surface area contributed by atoms with Gasteiger partial charge in [-0.15, -0.1) is 0 Å². The van der Waals surface area contributed by atoms with Crippen LogP contribution < -0.4 is 11.1 Å². The minimum atomic E-state index is -0.975. The normalized spacial score (nSPS) is 10.2. The SMILES string of the molecule is Nc1cc(C(=O)O)ccc1NCCc1ccccc1Br. The van der Waals surface area contributed by atoms with E-state index in [2.05, 4.69) is 27.3 Å². The molecule has 0 spiro atoms. The van der Waals surface area contributed by atoms with Gasteiger partial charge in [0, 0.05) is 11.0 Å². The van der Waals surface area contributed by atoms with Gasteiger partial charge in [0.1, 0.15) is 0 Å². The Morgan fingerprint density at radius 3 is 2.65 bits per heavy atom. The lowest BCUT2D eigenvalue weighted by atomic mass is 10.1. The molecule has 5 heteroatoms. The average molecular weight is 335 g/mol. The van der Waals surface area contributed by atoms with Gasteiger partial charge < -0.3 is 16.2 Å². The standard InChI is InChI=1S/C15H15BrN2O2/c16-12-4-2-1-3-10(12)7-8-18-14-6-5-11(15(19)20)9-13(14)17/h1-6,9,18H,7-8,17H2,(H,19,20). The molecule has 0 aliphatic heterocycles. The number of hydrogen-bond acceptors (Lipinski definition) is 3. The number of benzene rings is 2. The molecule has 0 saturated carbocycles. The lowest BCUT2D eigenvalue weighted by Crippen LogP contribution is -2.08. The molecule has 0 bridgehead atoms. The number of nitrogens with two attached hydrogens (primary N) is 1. The average Bonchev–Trinajstić information content (AvgIpc) is 2.42. The number of carboxylic acids is 1. The molecule has 20 heavy (non-hydrogen) atoms. The third-order valence-corrected chi connectivity index (χ3v) is 3.74. The van der Waals surface area contributed by atoms with E-state index >= 15 is 0 Å². The molecule has 4 nitrogen and oxygen atoms in total. The van der Waals surface area contributed by atoms with E-state index < -0.39 is 5.97 Å². The second kappa shape index (κ2) is 6.43. The summed E-state index contributed by atoms with van der Waals surface area (Å²) in [5.74, 6) is -0.975. The van der Waals surface area contributed by atoms with Crippen LogP contribution in [0.5, 0.6) is 0 Å². The number of hydrogen-bond donors (Lipinski definition) is 3. The Labute approximate surface area is 125 Å². The molecule has 4 N–H and O–H groups in total. The van der Waals surface area contributed by atoms with Gasteiger partial charge >= 0.3 is 5.97 Å². The highest BCUT2D eigenvalue weighted by Crippen LogP contribution is 2.21. The largest absolute Gasteiger partial charge is 0.478 e. The van der Waals surface area contributed by atoms with Crippen LogP contribution in [0.4, 0.5) is 11.4 Å². The summed E-state index contributed by atoms with van der Waals surface area (Å²) in [7, 11) is 0. The van der Waals surface area contributed by atoms with E-state index in [0.717, 1.165) is 23.1 Å². The molecule has 2 aromatic rings. The van der Waals surface area contributed by atoms with Crippen molar-refractivity contribution in [2.24, 2.45) is 0 Å². The van der Waals surface area contributed by atoms with E-state index in [4.69, 9.17) is 10.8 Å². The minimum Gasteiger partial charge on any atom is -0.478 e. The van der Waals surface area contributed by atoms with Crippen molar-refractivity contribution in [3.63, 3.8) is 0 Å². The van der Waals surface area contributed by atoms with E-state index in [1.165, 1.54) is 11.6 Å². The van der Waals surface area contributed by atoms with Gasteiger partial charge in [0.25, 0.3) is 0 Å². The summed E-state index contributed by atoms with van der Waals surface area (Å²) in [6.07, 6.45) is 0.849. The summed E-state index contributed by atoms with van der Waals surface area (Å²) in [6.45, 7) is 0.721. The van der Waals surface area contributed by atoms with Crippen LogP contribution >= 0.6 is 15.9 Å². The van der Waals surface area contributed by atoms with Crippen LogP contribution in [0.1, 0.15) is 15.9 Å². The van der Waals surface area contributed by atoms with E-state index in [1.807, 2.05) is 18.2 Å². The van der Waals surface area contributed by atoms with E-state index in [-0.39, 0.29) is 5.56 Å². The zero-order valence-corrected chi connectivity index (χ0v) is 12.4. The van der Waals surface area contributed by atoms with Gasteiger partial charge in [-0.05, 0) is 36.2 Å². The highest BCUT2D eigenvalue weighted by atomic mass is 79.9. The van der Waals surface area contributed by atoms with Crippen LogP contribution in [0.3, 0.4) is 0 Å². The van der Waals surface area contributed by atoms with Crippen molar-refractivity contribution in [2.75, 3.05) is 17.6 Å². The van der Waals surface area contributed by atoms with Crippen LogP contribution in [0.25, 0.3) is 0 Å². The summed E-state index contributed by atoms with van der Waals surface area (Å²) in [6, 6.07) is 12.7. The number of nitrogen functional groups attached to an aromatic ring is 1. The van der Waals surface area contributed by atoms with Gasteiger partial charge in [-0.1, -0.05) is 34.1 Å². The number of rotatable bonds is 5. The van der Waals surface area contributed by atoms with Crippen molar-refractivity contribution in [3.05, 3.63) is 58.1 Å². The predicted octanol–water partition coefficient (Wildman–Crippen LogP) is 3.38. The number of carboxylic acid groups (broad SMARTS) is 1. The summed E-state index contributed by atoms with van der Waals surface area (Å²) in [4.78, 5) is 10.8. The third-order valence-electron chi connectivity index (χ3n) is 2.97. The molecule has 0 saturated heterocycles. The zero-order valence-electron chi connectivity index (χ0n) is 10.8. The molecule has 0 heterocycles. The number of anilines is 2. The molecule has 0 aliphatic rings. The third kappa shape index (κ3) is 3.51. The molecular formula is C15H15BrN2O2. The number of carbonyl (C=O) groups is 1.